The standard InChI is InChI=1S/C17H25N3O3S2/c1-11(21)18-12(14-6-5-7-25-14)8-15(22)20-10-24-9-13(20)16(23)19-17(2,3)4/h5-7,12-13H,8-10H2,1-4H3,(H,18,21)(H,19,23). The molecule has 0 bridgehead atoms. The van der Waals surface area contributed by atoms with Crippen LogP contribution in [0.15, 0.2) is 17.5 Å². The summed E-state index contributed by atoms with van der Waals surface area (Å²) in [5, 5.41) is 7.70. The minimum absolute atomic E-state index is 0.119. The summed E-state index contributed by atoms with van der Waals surface area (Å²) < 4.78 is 0. The maximum Gasteiger partial charge on any atom is 0.244 e. The van der Waals surface area contributed by atoms with E-state index in [0.717, 1.165) is 4.88 Å². The lowest BCUT2D eigenvalue weighted by Gasteiger charge is -2.28. The summed E-state index contributed by atoms with van der Waals surface area (Å²) in [6, 6.07) is 2.98. The monoisotopic (exact) mass is 383 g/mol. The number of nitrogens with zero attached hydrogens (tertiary/aromatic N) is 1. The lowest BCUT2D eigenvalue weighted by Crippen LogP contribution is -2.52. The molecule has 1 aromatic heterocycles. The number of amides is 3. The van der Waals surface area contributed by atoms with Gasteiger partial charge >= 0.3 is 0 Å². The van der Waals surface area contributed by atoms with Crippen molar-refractivity contribution in [3.05, 3.63) is 22.4 Å². The van der Waals surface area contributed by atoms with Crippen LogP contribution in [-0.4, -0.2) is 45.8 Å². The van der Waals surface area contributed by atoms with Crippen LogP contribution in [0.25, 0.3) is 0 Å². The van der Waals surface area contributed by atoms with Crippen LogP contribution in [0, 0.1) is 0 Å². The van der Waals surface area contributed by atoms with E-state index >= 15 is 0 Å². The molecule has 1 aliphatic rings. The lowest BCUT2D eigenvalue weighted by molar-refractivity contribution is -0.139. The minimum atomic E-state index is -0.460. The van der Waals surface area contributed by atoms with Crippen molar-refractivity contribution in [2.75, 3.05) is 11.6 Å². The third kappa shape index (κ3) is 5.74. The zero-order valence-corrected chi connectivity index (χ0v) is 16.6. The van der Waals surface area contributed by atoms with E-state index in [-0.39, 0.29) is 35.7 Å². The molecule has 2 unspecified atom stereocenters. The highest BCUT2D eigenvalue weighted by Crippen LogP contribution is 2.27. The summed E-state index contributed by atoms with van der Waals surface area (Å²) in [5.74, 6) is 0.670. The fraction of sp³-hybridized carbons (Fsp3) is 0.588. The molecule has 6 nitrogen and oxygen atoms in total. The molecule has 25 heavy (non-hydrogen) atoms. The van der Waals surface area contributed by atoms with Gasteiger partial charge in [-0.15, -0.1) is 23.1 Å². The number of hydrogen-bond acceptors (Lipinski definition) is 5. The number of hydrogen-bond donors (Lipinski definition) is 2. The molecular weight excluding hydrogens is 358 g/mol. The lowest BCUT2D eigenvalue weighted by atomic mass is 10.1. The average Bonchev–Trinajstić information content (AvgIpc) is 3.16. The zero-order valence-electron chi connectivity index (χ0n) is 15.0. The molecule has 3 amide bonds. The van der Waals surface area contributed by atoms with Crippen molar-refractivity contribution in [1.29, 1.82) is 0 Å². The van der Waals surface area contributed by atoms with Crippen molar-refractivity contribution in [2.45, 2.75) is 51.7 Å². The van der Waals surface area contributed by atoms with Crippen molar-refractivity contribution in [3.63, 3.8) is 0 Å². The van der Waals surface area contributed by atoms with Gasteiger partial charge in [0.25, 0.3) is 0 Å². The molecule has 1 aliphatic heterocycles. The predicted molar refractivity (Wildman–Crippen MR) is 101 cm³/mol. The number of carbonyl (C=O) groups is 3. The smallest absolute Gasteiger partial charge is 0.244 e. The van der Waals surface area contributed by atoms with Gasteiger partial charge in [0, 0.05) is 23.1 Å². The van der Waals surface area contributed by atoms with Crippen molar-refractivity contribution in [1.82, 2.24) is 15.5 Å². The molecule has 0 aliphatic carbocycles. The summed E-state index contributed by atoms with van der Waals surface area (Å²) in [6.07, 6.45) is 0.153. The molecule has 8 heteroatoms. The van der Waals surface area contributed by atoms with Crippen LogP contribution < -0.4 is 10.6 Å². The number of thioether (sulfide) groups is 1. The summed E-state index contributed by atoms with van der Waals surface area (Å²) in [7, 11) is 0. The molecule has 2 rings (SSSR count). The highest BCUT2D eigenvalue weighted by atomic mass is 32.2. The third-order valence-corrected chi connectivity index (χ3v) is 5.64. The van der Waals surface area contributed by atoms with Gasteiger partial charge in [-0.05, 0) is 32.2 Å². The maximum absolute atomic E-state index is 12.8. The van der Waals surface area contributed by atoms with E-state index in [0.29, 0.717) is 11.6 Å². The molecule has 0 saturated carbocycles. The Bertz CT molecular complexity index is 626. The van der Waals surface area contributed by atoms with E-state index in [1.165, 1.54) is 18.3 Å². The molecule has 0 radical (unpaired) electrons. The molecule has 1 saturated heterocycles. The van der Waals surface area contributed by atoms with E-state index in [1.54, 1.807) is 16.7 Å². The summed E-state index contributed by atoms with van der Waals surface area (Å²) >= 11 is 3.07. The first kappa shape index (κ1) is 19.8. The van der Waals surface area contributed by atoms with Crippen LogP contribution in [0.4, 0.5) is 0 Å². The van der Waals surface area contributed by atoms with Gasteiger partial charge in [-0.2, -0.15) is 0 Å². The van der Waals surface area contributed by atoms with Gasteiger partial charge in [0.2, 0.25) is 17.7 Å². The molecular formula is C17H25N3O3S2. The van der Waals surface area contributed by atoms with Crippen LogP contribution in [0.2, 0.25) is 0 Å². The first-order chi connectivity index (χ1) is 11.7. The second kappa shape index (κ2) is 8.23. The molecule has 2 heterocycles. The van der Waals surface area contributed by atoms with Crippen molar-refractivity contribution in [2.24, 2.45) is 0 Å². The molecule has 138 valence electrons. The van der Waals surface area contributed by atoms with Gasteiger partial charge in [-0.25, -0.2) is 0 Å². The SMILES string of the molecule is CC(=O)NC(CC(=O)N1CSCC1C(=O)NC(C)(C)C)c1cccs1. The topological polar surface area (TPSA) is 78.5 Å². The Hall–Kier alpha value is -1.54. The Balaban J connectivity index is 2.06. The van der Waals surface area contributed by atoms with E-state index in [9.17, 15) is 14.4 Å². The molecule has 0 aromatic carbocycles. The highest BCUT2D eigenvalue weighted by Gasteiger charge is 2.36. The molecule has 1 fully saturated rings. The Labute approximate surface area is 156 Å². The average molecular weight is 384 g/mol. The van der Waals surface area contributed by atoms with Crippen molar-refractivity contribution >= 4 is 40.8 Å². The van der Waals surface area contributed by atoms with Crippen molar-refractivity contribution < 1.29 is 14.4 Å². The van der Waals surface area contributed by atoms with Gasteiger partial charge in [0.15, 0.2) is 0 Å². The molecule has 2 atom stereocenters. The van der Waals surface area contributed by atoms with Crippen LogP contribution in [0.1, 0.15) is 45.0 Å². The largest absolute Gasteiger partial charge is 0.350 e. The third-order valence-electron chi connectivity index (χ3n) is 3.65. The van der Waals surface area contributed by atoms with Gasteiger partial charge in [-0.1, -0.05) is 6.07 Å². The van der Waals surface area contributed by atoms with Gasteiger partial charge in [0.05, 0.1) is 18.3 Å². The predicted octanol–water partition coefficient (Wildman–Crippen LogP) is 2.13. The minimum Gasteiger partial charge on any atom is -0.350 e. The van der Waals surface area contributed by atoms with Crippen LogP contribution in [0.3, 0.4) is 0 Å². The Morgan fingerprint density at radius 1 is 1.36 bits per heavy atom. The van der Waals surface area contributed by atoms with Crippen LogP contribution >= 0.6 is 23.1 Å². The summed E-state index contributed by atoms with van der Waals surface area (Å²) in [6.45, 7) is 7.20. The van der Waals surface area contributed by atoms with E-state index < -0.39 is 6.04 Å². The van der Waals surface area contributed by atoms with Gasteiger partial charge < -0.3 is 15.5 Å². The Morgan fingerprint density at radius 2 is 2.08 bits per heavy atom. The van der Waals surface area contributed by atoms with E-state index in [4.69, 9.17) is 0 Å². The van der Waals surface area contributed by atoms with E-state index in [1.807, 2.05) is 38.3 Å². The molecule has 1 aromatic rings. The second-order valence-corrected chi connectivity index (χ2v) is 9.07. The number of rotatable bonds is 5. The van der Waals surface area contributed by atoms with E-state index in [2.05, 4.69) is 10.6 Å². The second-order valence-electron chi connectivity index (χ2n) is 7.09. The van der Waals surface area contributed by atoms with Crippen LogP contribution in [-0.2, 0) is 14.4 Å². The number of carbonyl (C=O) groups excluding carboxylic acids is 3. The molecule has 0 spiro atoms. The molecule has 2 N–H and O–H groups in total. The fourth-order valence-electron chi connectivity index (χ4n) is 2.61. The highest BCUT2D eigenvalue weighted by molar-refractivity contribution is 7.99. The number of nitrogens with one attached hydrogen (secondary N) is 2. The Morgan fingerprint density at radius 3 is 2.64 bits per heavy atom. The normalized spacial score (nSPS) is 18.7. The van der Waals surface area contributed by atoms with Crippen LogP contribution in [0.5, 0.6) is 0 Å². The first-order valence-corrected chi connectivity index (χ1v) is 10.2. The number of thiophene rings is 1. The summed E-state index contributed by atoms with van der Waals surface area (Å²) in [5.41, 5.74) is -0.339. The quantitative estimate of drug-likeness (QED) is 0.816. The van der Waals surface area contributed by atoms with Crippen molar-refractivity contribution in [3.8, 4) is 0 Å². The zero-order chi connectivity index (χ0) is 18.6. The fourth-order valence-corrected chi connectivity index (χ4v) is 4.57. The summed E-state index contributed by atoms with van der Waals surface area (Å²) in [4.78, 5) is 39.3. The van der Waals surface area contributed by atoms with Gasteiger partial charge in [0.1, 0.15) is 6.04 Å². The first-order valence-electron chi connectivity index (χ1n) is 8.17. The maximum atomic E-state index is 12.8. The van der Waals surface area contributed by atoms with Gasteiger partial charge in [-0.3, -0.25) is 14.4 Å². The Kier molecular flexibility index (Phi) is 6.51.